The number of nitrogens with zero attached hydrogens (tertiary/aromatic N) is 4. The van der Waals surface area contributed by atoms with Gasteiger partial charge in [0.1, 0.15) is 5.69 Å². The Morgan fingerprint density at radius 3 is 2.59 bits per heavy atom. The monoisotopic (exact) mass is 435 g/mol. The van der Waals surface area contributed by atoms with Gasteiger partial charge >= 0.3 is 11.3 Å². The zero-order chi connectivity index (χ0) is 21.2. The van der Waals surface area contributed by atoms with Gasteiger partial charge in [0, 0.05) is 32.3 Å². The summed E-state index contributed by atoms with van der Waals surface area (Å²) in [5, 5.41) is 2.79. The third kappa shape index (κ3) is 5.17. The Kier molecular flexibility index (Phi) is 6.30. The number of carbonyl (C=O) groups is 1. The number of aryl methyl sites for hydroxylation is 1. The van der Waals surface area contributed by atoms with Crippen molar-refractivity contribution < 1.29 is 26.7 Å². The van der Waals surface area contributed by atoms with Crippen molar-refractivity contribution in [2.75, 3.05) is 18.4 Å². The van der Waals surface area contributed by atoms with Crippen LogP contribution in [-0.2, 0) is 7.05 Å². The lowest BCUT2D eigenvalue weighted by molar-refractivity contribution is 0.00988. The molecule has 12 heteroatoms. The minimum atomic E-state index is -3.28. The smallest absolute Gasteiger partial charge is 0.321 e. The van der Waals surface area contributed by atoms with Crippen LogP contribution in [0.15, 0.2) is 29.4 Å². The molecule has 0 unspecified atom stereocenters. The van der Waals surface area contributed by atoms with Crippen molar-refractivity contribution in [1.82, 2.24) is 19.7 Å². The molecule has 0 atom stereocenters. The molecule has 3 heterocycles. The highest BCUT2D eigenvalue weighted by Gasteiger charge is 2.44. The van der Waals surface area contributed by atoms with Crippen LogP contribution in [-0.4, -0.2) is 44.0 Å². The van der Waals surface area contributed by atoms with E-state index in [4.69, 9.17) is 0 Å². The van der Waals surface area contributed by atoms with Gasteiger partial charge in [-0.1, -0.05) is 0 Å². The molecule has 1 aliphatic rings. The van der Waals surface area contributed by atoms with Gasteiger partial charge in [-0.15, -0.1) is 0 Å². The van der Waals surface area contributed by atoms with Crippen LogP contribution >= 0.6 is 11.8 Å². The van der Waals surface area contributed by atoms with Gasteiger partial charge in [0.25, 0.3) is 6.43 Å². The van der Waals surface area contributed by atoms with E-state index in [1.165, 1.54) is 18.0 Å². The summed E-state index contributed by atoms with van der Waals surface area (Å²) in [5.41, 5.74) is -0.377. The largest absolute Gasteiger partial charge is 0.325 e. The molecule has 6 nitrogen and oxygen atoms in total. The second kappa shape index (κ2) is 8.56. The van der Waals surface area contributed by atoms with Crippen LogP contribution in [0.4, 0.5) is 32.4 Å². The zero-order valence-corrected chi connectivity index (χ0v) is 16.1. The summed E-state index contributed by atoms with van der Waals surface area (Å²) in [6.07, 6.45) is -0.613. The summed E-state index contributed by atoms with van der Waals surface area (Å²) in [7, 11) is 1.39. The van der Waals surface area contributed by atoms with E-state index in [2.05, 4.69) is 15.4 Å². The first-order chi connectivity index (χ1) is 13.7. The lowest BCUT2D eigenvalue weighted by Gasteiger charge is -2.35. The first-order valence-electron chi connectivity index (χ1n) is 8.71. The summed E-state index contributed by atoms with van der Waals surface area (Å²) in [6.45, 7) is 0.159. The standard InChI is InChI=1S/C17H18F5N5OS/c1-26-9-12(14(25-26)15(19)20)29-17(21,22)10-4-6-27(7-5-10)16(28)24-11-2-3-13(18)23-8-11/h2-3,8-10,15H,4-7H2,1H3,(H,24,28). The van der Waals surface area contributed by atoms with E-state index >= 15 is 0 Å². The molecule has 1 N–H and O–H groups in total. The predicted octanol–water partition coefficient (Wildman–Crippen LogP) is 4.52. The molecule has 3 rings (SSSR count). The number of carbonyl (C=O) groups excluding carboxylic acids is 1. The first kappa shape index (κ1) is 21.3. The van der Waals surface area contributed by atoms with E-state index in [0.717, 1.165) is 23.1 Å². The number of piperidine rings is 1. The maximum Gasteiger partial charge on any atom is 0.321 e. The fourth-order valence-electron chi connectivity index (χ4n) is 3.01. The maximum absolute atomic E-state index is 14.7. The molecule has 29 heavy (non-hydrogen) atoms. The topological polar surface area (TPSA) is 63.1 Å². The minimum Gasteiger partial charge on any atom is -0.325 e. The van der Waals surface area contributed by atoms with Crippen molar-refractivity contribution >= 4 is 23.5 Å². The second-order valence-electron chi connectivity index (χ2n) is 6.58. The van der Waals surface area contributed by atoms with E-state index in [9.17, 15) is 26.7 Å². The fraction of sp³-hybridized carbons (Fsp3) is 0.471. The van der Waals surface area contributed by atoms with Crippen molar-refractivity contribution in [3.63, 3.8) is 0 Å². The quantitative estimate of drug-likeness (QED) is 0.426. The lowest BCUT2D eigenvalue weighted by Crippen LogP contribution is -2.44. The highest BCUT2D eigenvalue weighted by molar-refractivity contribution is 8.00. The number of likely N-dealkylation sites (tertiary alicyclic amines) is 1. The third-order valence-corrected chi connectivity index (χ3v) is 5.65. The molecule has 1 fully saturated rings. The van der Waals surface area contributed by atoms with Gasteiger partial charge in [-0.3, -0.25) is 4.68 Å². The molecule has 1 aliphatic heterocycles. The summed E-state index contributed by atoms with van der Waals surface area (Å²) in [5.74, 6) is -1.76. The molecule has 2 aromatic heterocycles. The Balaban J connectivity index is 1.57. The molecule has 0 saturated carbocycles. The van der Waals surface area contributed by atoms with Crippen molar-refractivity contribution in [3.05, 3.63) is 36.2 Å². The predicted molar refractivity (Wildman–Crippen MR) is 96.5 cm³/mol. The van der Waals surface area contributed by atoms with E-state index in [0.29, 0.717) is 0 Å². The van der Waals surface area contributed by atoms with Gasteiger partial charge in [-0.2, -0.15) is 18.3 Å². The van der Waals surface area contributed by atoms with Crippen LogP contribution in [0.1, 0.15) is 25.0 Å². The number of hydrogen-bond acceptors (Lipinski definition) is 4. The Hall–Kier alpha value is -2.37. The SMILES string of the molecule is Cn1cc(SC(F)(F)C2CCN(C(=O)Nc3ccc(F)nc3)CC2)c(C(F)F)n1. The number of rotatable bonds is 5. The van der Waals surface area contributed by atoms with Crippen LogP contribution < -0.4 is 5.32 Å². The van der Waals surface area contributed by atoms with Gasteiger partial charge in [0.15, 0.2) is 0 Å². The zero-order valence-electron chi connectivity index (χ0n) is 15.3. The second-order valence-corrected chi connectivity index (χ2v) is 7.77. The van der Waals surface area contributed by atoms with Crippen LogP contribution in [0.25, 0.3) is 0 Å². The summed E-state index contributed by atoms with van der Waals surface area (Å²) < 4.78 is 69.2. The Bertz CT molecular complexity index is 852. The molecule has 158 valence electrons. The number of halogens is 5. The molecular formula is C17H18F5N5OS. The highest BCUT2D eigenvalue weighted by Crippen LogP contribution is 2.47. The summed E-state index contributed by atoms with van der Waals surface area (Å²) in [4.78, 5) is 16.8. The molecule has 0 radical (unpaired) electrons. The summed E-state index contributed by atoms with van der Waals surface area (Å²) >= 11 is 0.0823. The third-order valence-electron chi connectivity index (χ3n) is 4.51. The Morgan fingerprint density at radius 2 is 2.00 bits per heavy atom. The van der Waals surface area contributed by atoms with Crippen molar-refractivity contribution in [2.24, 2.45) is 13.0 Å². The molecule has 0 aromatic carbocycles. The number of aromatic nitrogens is 3. The lowest BCUT2D eigenvalue weighted by atomic mass is 9.97. The molecule has 1 saturated heterocycles. The van der Waals surface area contributed by atoms with Crippen LogP contribution in [0.5, 0.6) is 0 Å². The number of alkyl halides is 4. The molecule has 0 spiro atoms. The summed E-state index contributed by atoms with van der Waals surface area (Å²) in [6, 6.07) is 1.93. The van der Waals surface area contributed by atoms with E-state index in [1.54, 1.807) is 0 Å². The van der Waals surface area contributed by atoms with E-state index < -0.39 is 35.3 Å². The van der Waals surface area contributed by atoms with Crippen LogP contribution in [0, 0.1) is 11.9 Å². The van der Waals surface area contributed by atoms with E-state index in [1.807, 2.05) is 0 Å². The van der Waals surface area contributed by atoms with E-state index in [-0.39, 0.29) is 48.3 Å². The number of nitrogens with one attached hydrogen (secondary N) is 1. The van der Waals surface area contributed by atoms with Crippen LogP contribution in [0.3, 0.4) is 0 Å². The van der Waals surface area contributed by atoms with Gasteiger partial charge in [0.2, 0.25) is 5.95 Å². The normalized spacial score (nSPS) is 15.8. The highest BCUT2D eigenvalue weighted by atomic mass is 32.2. The van der Waals surface area contributed by atoms with Gasteiger partial charge in [-0.25, -0.2) is 18.6 Å². The molecule has 0 bridgehead atoms. The average molecular weight is 435 g/mol. The minimum absolute atomic E-state index is 0.0133. The number of hydrogen-bond donors (Lipinski definition) is 1. The van der Waals surface area contributed by atoms with Gasteiger partial charge in [0.05, 0.1) is 16.8 Å². The van der Waals surface area contributed by atoms with Crippen LogP contribution in [0.2, 0.25) is 0 Å². The van der Waals surface area contributed by atoms with Gasteiger partial charge < -0.3 is 10.2 Å². The molecule has 2 amide bonds. The maximum atomic E-state index is 14.7. The van der Waals surface area contributed by atoms with Crippen molar-refractivity contribution in [2.45, 2.75) is 29.4 Å². The Labute approximate surface area is 167 Å². The van der Waals surface area contributed by atoms with Crippen molar-refractivity contribution in [3.8, 4) is 0 Å². The Morgan fingerprint density at radius 1 is 1.31 bits per heavy atom. The number of pyridine rings is 1. The first-order valence-corrected chi connectivity index (χ1v) is 9.53. The number of amides is 2. The fourth-order valence-corrected chi connectivity index (χ4v) is 4.15. The number of thioether (sulfide) groups is 1. The molecule has 0 aliphatic carbocycles. The van der Waals surface area contributed by atoms with Crippen molar-refractivity contribution in [1.29, 1.82) is 0 Å². The average Bonchev–Trinajstić information content (AvgIpc) is 3.03. The van der Waals surface area contributed by atoms with Gasteiger partial charge in [-0.05, 0) is 36.7 Å². The molecule has 2 aromatic rings. The number of urea groups is 1. The molecular weight excluding hydrogens is 417 g/mol. The number of anilines is 1.